The number of likely N-dealkylation sites (tertiary alicyclic amines) is 2. The van der Waals surface area contributed by atoms with Gasteiger partial charge in [0.25, 0.3) is 0 Å². The number of carbonyl (C=O) groups excluding carboxylic acids is 2. The summed E-state index contributed by atoms with van der Waals surface area (Å²) in [5, 5.41) is 2.99. The number of hydrogen-bond donors (Lipinski definition) is 1. The van der Waals surface area contributed by atoms with E-state index in [1.807, 2.05) is 34.1 Å². The molecule has 0 unspecified atom stereocenters. The lowest BCUT2D eigenvalue weighted by molar-refractivity contribution is -0.135. The van der Waals surface area contributed by atoms with Gasteiger partial charge in [0.05, 0.1) is 6.61 Å². The van der Waals surface area contributed by atoms with Gasteiger partial charge >= 0.3 is 6.03 Å². The number of hydrogen-bond acceptors (Lipinski definition) is 3. The minimum Gasteiger partial charge on any atom is -0.380 e. The molecule has 0 aliphatic carbocycles. The van der Waals surface area contributed by atoms with Gasteiger partial charge in [0.1, 0.15) is 0 Å². The smallest absolute Gasteiger partial charge is 0.317 e. The Morgan fingerprint density at radius 3 is 2.46 bits per heavy atom. The average molecular weight is 359 g/mol. The normalized spacial score (nSPS) is 18.2. The van der Waals surface area contributed by atoms with Crippen LogP contribution in [0.5, 0.6) is 0 Å². The maximum Gasteiger partial charge on any atom is 0.317 e. The van der Waals surface area contributed by atoms with Crippen molar-refractivity contribution in [2.45, 2.75) is 38.8 Å². The van der Waals surface area contributed by atoms with Crippen LogP contribution in [0.2, 0.25) is 0 Å². The SMILES string of the molecule is COCc1cccc(CNC(=O)N2CCC(C(=O)N3CCCC3)CC2)c1. The molecule has 0 aromatic heterocycles. The summed E-state index contributed by atoms with van der Waals surface area (Å²) in [6.07, 6.45) is 3.79. The highest BCUT2D eigenvalue weighted by atomic mass is 16.5. The first-order chi connectivity index (χ1) is 12.7. The fourth-order valence-electron chi connectivity index (χ4n) is 3.81. The zero-order chi connectivity index (χ0) is 18.4. The summed E-state index contributed by atoms with van der Waals surface area (Å²) in [6, 6.07) is 7.99. The molecule has 1 N–H and O–H groups in total. The highest BCUT2D eigenvalue weighted by molar-refractivity contribution is 5.80. The lowest BCUT2D eigenvalue weighted by Crippen LogP contribution is -2.47. The molecule has 6 heteroatoms. The Morgan fingerprint density at radius 2 is 1.77 bits per heavy atom. The third kappa shape index (κ3) is 4.75. The van der Waals surface area contributed by atoms with E-state index in [2.05, 4.69) is 5.32 Å². The van der Waals surface area contributed by atoms with Gasteiger partial charge in [0, 0.05) is 45.8 Å². The van der Waals surface area contributed by atoms with Gasteiger partial charge in [-0.1, -0.05) is 24.3 Å². The third-order valence-electron chi connectivity index (χ3n) is 5.30. The largest absolute Gasteiger partial charge is 0.380 e. The Bertz CT molecular complexity index is 620. The predicted octanol–water partition coefficient (Wildman–Crippen LogP) is 2.38. The van der Waals surface area contributed by atoms with Crippen LogP contribution in [0.15, 0.2) is 24.3 Å². The van der Waals surface area contributed by atoms with Crippen LogP contribution in [0.1, 0.15) is 36.8 Å². The number of carbonyl (C=O) groups is 2. The number of nitrogens with one attached hydrogen (secondary N) is 1. The third-order valence-corrected chi connectivity index (χ3v) is 5.30. The van der Waals surface area contributed by atoms with E-state index >= 15 is 0 Å². The highest BCUT2D eigenvalue weighted by Crippen LogP contribution is 2.22. The standard InChI is InChI=1S/C20H29N3O3/c1-26-15-17-6-4-5-16(13-17)14-21-20(25)23-11-7-18(8-12-23)19(24)22-9-2-3-10-22/h4-6,13,18H,2-3,7-12,14-15H2,1H3,(H,21,25). The van der Waals surface area contributed by atoms with Gasteiger partial charge in [-0.05, 0) is 36.8 Å². The number of ether oxygens (including phenoxy) is 1. The molecule has 2 fully saturated rings. The monoisotopic (exact) mass is 359 g/mol. The molecule has 0 saturated carbocycles. The molecule has 2 heterocycles. The molecule has 2 aliphatic rings. The second-order valence-corrected chi connectivity index (χ2v) is 7.21. The molecule has 1 aromatic carbocycles. The summed E-state index contributed by atoms with van der Waals surface area (Å²) in [6.45, 7) is 4.19. The van der Waals surface area contributed by atoms with E-state index in [-0.39, 0.29) is 17.9 Å². The first kappa shape index (κ1) is 18.7. The summed E-state index contributed by atoms with van der Waals surface area (Å²) in [4.78, 5) is 28.7. The summed E-state index contributed by atoms with van der Waals surface area (Å²) in [5.74, 6) is 0.375. The van der Waals surface area contributed by atoms with Crippen LogP contribution in [0.25, 0.3) is 0 Å². The molecule has 2 aliphatic heterocycles. The van der Waals surface area contributed by atoms with E-state index in [0.717, 1.165) is 49.9 Å². The summed E-state index contributed by atoms with van der Waals surface area (Å²) < 4.78 is 5.14. The number of urea groups is 1. The molecule has 3 amide bonds. The zero-order valence-electron chi connectivity index (χ0n) is 15.6. The molecule has 1 aromatic rings. The fraction of sp³-hybridized carbons (Fsp3) is 0.600. The lowest BCUT2D eigenvalue weighted by atomic mass is 9.95. The highest BCUT2D eigenvalue weighted by Gasteiger charge is 2.31. The van der Waals surface area contributed by atoms with Crippen molar-refractivity contribution in [3.63, 3.8) is 0 Å². The van der Waals surface area contributed by atoms with Crippen molar-refractivity contribution in [2.24, 2.45) is 5.92 Å². The Morgan fingerprint density at radius 1 is 1.08 bits per heavy atom. The van der Waals surface area contributed by atoms with Crippen LogP contribution in [0.4, 0.5) is 4.79 Å². The first-order valence-corrected chi connectivity index (χ1v) is 9.55. The number of piperidine rings is 1. The van der Waals surface area contributed by atoms with E-state index in [9.17, 15) is 9.59 Å². The van der Waals surface area contributed by atoms with Gasteiger partial charge in [-0.2, -0.15) is 0 Å². The molecule has 0 radical (unpaired) electrons. The van der Waals surface area contributed by atoms with Crippen molar-refractivity contribution in [1.29, 1.82) is 0 Å². The Labute approximate surface area is 155 Å². The van der Waals surface area contributed by atoms with Crippen LogP contribution >= 0.6 is 0 Å². The van der Waals surface area contributed by atoms with Crippen molar-refractivity contribution >= 4 is 11.9 Å². The van der Waals surface area contributed by atoms with Crippen LogP contribution in [-0.4, -0.2) is 55.0 Å². The van der Waals surface area contributed by atoms with E-state index < -0.39 is 0 Å². The lowest BCUT2D eigenvalue weighted by Gasteiger charge is -2.33. The van der Waals surface area contributed by atoms with E-state index in [1.54, 1.807) is 7.11 Å². The second kappa shape index (κ2) is 9.03. The van der Waals surface area contributed by atoms with Gasteiger partial charge in [-0.3, -0.25) is 4.79 Å². The number of methoxy groups -OCH3 is 1. The van der Waals surface area contributed by atoms with E-state index in [0.29, 0.717) is 26.2 Å². The topological polar surface area (TPSA) is 61.9 Å². The molecule has 26 heavy (non-hydrogen) atoms. The second-order valence-electron chi connectivity index (χ2n) is 7.21. The van der Waals surface area contributed by atoms with Gasteiger partial charge in [-0.15, -0.1) is 0 Å². The summed E-state index contributed by atoms with van der Waals surface area (Å²) in [5.41, 5.74) is 2.16. The van der Waals surface area contributed by atoms with Gasteiger partial charge in [-0.25, -0.2) is 4.79 Å². The number of rotatable bonds is 5. The van der Waals surface area contributed by atoms with Crippen LogP contribution in [0, 0.1) is 5.92 Å². The van der Waals surface area contributed by atoms with Crippen molar-refractivity contribution in [2.75, 3.05) is 33.3 Å². The molecule has 0 bridgehead atoms. The molecular formula is C20H29N3O3. The maximum absolute atomic E-state index is 12.5. The summed E-state index contributed by atoms with van der Waals surface area (Å²) in [7, 11) is 1.67. The molecule has 0 spiro atoms. The predicted molar refractivity (Wildman–Crippen MR) is 99.5 cm³/mol. The summed E-state index contributed by atoms with van der Waals surface area (Å²) >= 11 is 0. The average Bonchev–Trinajstić information content (AvgIpc) is 3.21. The molecule has 0 atom stereocenters. The van der Waals surface area contributed by atoms with Crippen LogP contribution < -0.4 is 5.32 Å². The van der Waals surface area contributed by atoms with Crippen molar-refractivity contribution in [1.82, 2.24) is 15.1 Å². The number of benzene rings is 1. The number of nitrogens with zero attached hydrogens (tertiary/aromatic N) is 2. The quantitative estimate of drug-likeness (QED) is 0.878. The first-order valence-electron chi connectivity index (χ1n) is 9.55. The van der Waals surface area contributed by atoms with Crippen LogP contribution in [-0.2, 0) is 22.7 Å². The van der Waals surface area contributed by atoms with Crippen molar-refractivity contribution < 1.29 is 14.3 Å². The van der Waals surface area contributed by atoms with Gasteiger partial charge < -0.3 is 19.9 Å². The van der Waals surface area contributed by atoms with E-state index in [4.69, 9.17) is 4.74 Å². The zero-order valence-corrected chi connectivity index (χ0v) is 15.6. The van der Waals surface area contributed by atoms with Crippen molar-refractivity contribution in [3.8, 4) is 0 Å². The molecule has 2 saturated heterocycles. The molecule has 3 rings (SSSR count). The number of amides is 3. The van der Waals surface area contributed by atoms with Crippen LogP contribution in [0.3, 0.4) is 0 Å². The van der Waals surface area contributed by atoms with Crippen molar-refractivity contribution in [3.05, 3.63) is 35.4 Å². The molecule has 6 nitrogen and oxygen atoms in total. The minimum atomic E-state index is -0.0470. The van der Waals surface area contributed by atoms with E-state index in [1.165, 1.54) is 0 Å². The van der Waals surface area contributed by atoms with Gasteiger partial charge in [0.15, 0.2) is 0 Å². The molecular weight excluding hydrogens is 330 g/mol. The Balaban J connectivity index is 1.43. The molecule has 142 valence electrons. The Kier molecular flexibility index (Phi) is 6.50. The minimum absolute atomic E-state index is 0.0470. The van der Waals surface area contributed by atoms with Gasteiger partial charge in [0.2, 0.25) is 5.91 Å². The fourth-order valence-corrected chi connectivity index (χ4v) is 3.81. The maximum atomic E-state index is 12.5. The Hall–Kier alpha value is -2.08.